The third-order valence-corrected chi connectivity index (χ3v) is 11.1. The first kappa shape index (κ1) is 36.9. The molecule has 1 aromatic rings. The first-order valence-corrected chi connectivity index (χ1v) is 18.4. The molecule has 3 heterocycles. The average Bonchev–Trinajstić information content (AvgIpc) is 3.05. The van der Waals surface area contributed by atoms with Crippen LogP contribution in [0.3, 0.4) is 0 Å². The van der Waals surface area contributed by atoms with E-state index in [0.29, 0.717) is 24.9 Å². The van der Waals surface area contributed by atoms with Crippen molar-refractivity contribution < 1.29 is 28.4 Å². The van der Waals surface area contributed by atoms with Crippen molar-refractivity contribution in [3.8, 4) is 0 Å². The van der Waals surface area contributed by atoms with Crippen LogP contribution in [0.1, 0.15) is 80.2 Å². The van der Waals surface area contributed by atoms with Crippen molar-refractivity contribution in [3.63, 3.8) is 0 Å². The topological polar surface area (TPSA) is 128 Å². The van der Waals surface area contributed by atoms with E-state index in [0.717, 1.165) is 18.4 Å². The number of hydrogen-bond donors (Lipinski definition) is 2. The van der Waals surface area contributed by atoms with Gasteiger partial charge in [0.1, 0.15) is 0 Å². The average molecular weight is 665 g/mol. The van der Waals surface area contributed by atoms with Crippen LogP contribution in [0.2, 0.25) is 0 Å². The minimum atomic E-state index is -0.770. The molecule has 0 bridgehead atoms. The molecule has 0 spiro atoms. The molecule has 1 aromatic carbocycles. The van der Waals surface area contributed by atoms with Crippen LogP contribution in [0.4, 0.5) is 0 Å². The molecule has 3 aliphatic heterocycles. The monoisotopic (exact) mass is 664 g/mol. The first-order valence-electron chi connectivity index (χ1n) is 16.7. The fourth-order valence-electron chi connectivity index (χ4n) is 7.26. The molecule has 0 amide bonds. The molecule has 3 saturated heterocycles. The molecule has 0 saturated carbocycles. The number of ether oxygens (including phenoxy) is 6. The summed E-state index contributed by atoms with van der Waals surface area (Å²) in [6.45, 7) is 17.6. The number of nitrogens with one attached hydrogen (secondary N) is 2. The summed E-state index contributed by atoms with van der Waals surface area (Å²) in [7, 11) is 0.337. The molecule has 12 heteroatoms. The van der Waals surface area contributed by atoms with E-state index in [2.05, 4.69) is 53.2 Å². The van der Waals surface area contributed by atoms with Gasteiger partial charge in [-0.2, -0.15) is 0 Å². The van der Waals surface area contributed by atoms with E-state index in [-0.39, 0.29) is 64.7 Å². The van der Waals surface area contributed by atoms with E-state index in [9.17, 15) is 0 Å². The molecule has 3 aliphatic rings. The first-order chi connectivity index (χ1) is 21.7. The Morgan fingerprint density at radius 1 is 0.644 bits per heavy atom. The van der Waals surface area contributed by atoms with Gasteiger partial charge < -0.3 is 0 Å². The quantitative estimate of drug-likeness (QED) is 0.215. The SMILES string of the molecule is CCC1O[C@@H](O[C@@H]2C(CC)O[C@@H](C)C(N=[P+]=N)[C@H]2C)C(N=[P+]=N)C(OCc2ccccc2)[C@@H]1O[C@@H]1OC(CC)[C@@H](C)[C@H](C)C1C. The van der Waals surface area contributed by atoms with Crippen LogP contribution in [-0.4, -0.2) is 67.4 Å². The molecule has 7 unspecified atom stereocenters. The molecule has 15 atom stereocenters. The van der Waals surface area contributed by atoms with Crippen LogP contribution in [-0.2, 0) is 35.0 Å². The standard InChI is InChI=1S/C33H54N4O6P2/c1-9-24-19(5)18(4)20(6)32(40-24)43-30-26(11-3)41-33(28(37-45-35)31(30)38-17-23-15-13-12-14-16-23)42-29-21(7)27(36-44-34)22(8)39-25(29)10-2/h12-16,18-22,24-35H,9-11,17H2,1-8H3/q+2/t18-,19-,20?,21+,22-,24?,25?,26?,27?,28?,29-,30+,31?,32-,33-/m0/s1. The van der Waals surface area contributed by atoms with Crippen molar-refractivity contribution in [2.24, 2.45) is 33.2 Å². The Hall–Kier alpha value is -0.960. The molecular weight excluding hydrogens is 610 g/mol. The normalized spacial score (nSPS) is 42.1. The summed E-state index contributed by atoms with van der Waals surface area (Å²) in [5.74, 6) is 1.03. The van der Waals surface area contributed by atoms with Gasteiger partial charge >= 0.3 is 273 Å². The molecule has 0 radical (unpaired) electrons. The molecule has 45 heavy (non-hydrogen) atoms. The number of nitrogens with zero attached hydrogens (tertiary/aromatic N) is 2. The summed E-state index contributed by atoms with van der Waals surface area (Å²) in [6, 6.07) is 9.28. The van der Waals surface area contributed by atoms with Gasteiger partial charge in [-0.1, -0.05) is 0 Å². The van der Waals surface area contributed by atoms with Gasteiger partial charge in [-0.25, -0.2) is 0 Å². The fourth-order valence-corrected chi connectivity index (χ4v) is 8.17. The Kier molecular flexibility index (Phi) is 14.3. The zero-order chi connectivity index (χ0) is 32.7. The third-order valence-electron chi connectivity index (χ3n) is 10.3. The Labute approximate surface area is 272 Å². The number of hydrogen-bond acceptors (Lipinski definition) is 10. The second-order valence-corrected chi connectivity index (χ2v) is 13.9. The summed E-state index contributed by atoms with van der Waals surface area (Å²) >= 11 is 0. The van der Waals surface area contributed by atoms with Crippen molar-refractivity contribution >= 4 is 16.3 Å². The molecule has 4 rings (SSSR count). The van der Waals surface area contributed by atoms with Gasteiger partial charge in [0.05, 0.1) is 0 Å². The maximum absolute atomic E-state index is 8.12. The zero-order valence-corrected chi connectivity index (χ0v) is 29.9. The number of benzene rings is 1. The summed E-state index contributed by atoms with van der Waals surface area (Å²) in [5, 5.41) is 15.8. The Bertz CT molecular complexity index is 1170. The Morgan fingerprint density at radius 2 is 1.22 bits per heavy atom. The van der Waals surface area contributed by atoms with Gasteiger partial charge in [0, 0.05) is 0 Å². The maximum atomic E-state index is 8.12. The molecule has 0 aliphatic carbocycles. The summed E-state index contributed by atoms with van der Waals surface area (Å²) in [4.78, 5) is 0. The van der Waals surface area contributed by atoms with Crippen LogP contribution in [0, 0.1) is 34.0 Å². The third kappa shape index (κ3) is 8.56. The van der Waals surface area contributed by atoms with Crippen molar-refractivity contribution in [2.45, 2.75) is 149 Å². The van der Waals surface area contributed by atoms with Crippen LogP contribution in [0.5, 0.6) is 0 Å². The molecule has 2 N–H and O–H groups in total. The van der Waals surface area contributed by atoms with Gasteiger partial charge in [0.15, 0.2) is 0 Å². The Balaban J connectivity index is 1.68. The van der Waals surface area contributed by atoms with Crippen molar-refractivity contribution in [2.75, 3.05) is 0 Å². The Morgan fingerprint density at radius 3 is 1.84 bits per heavy atom. The predicted octanol–water partition coefficient (Wildman–Crippen LogP) is 8.88. The van der Waals surface area contributed by atoms with Crippen molar-refractivity contribution in [1.82, 2.24) is 0 Å². The number of rotatable bonds is 12. The van der Waals surface area contributed by atoms with Crippen molar-refractivity contribution in [3.05, 3.63) is 35.9 Å². The zero-order valence-electron chi connectivity index (χ0n) is 28.1. The molecule has 3 fully saturated rings. The van der Waals surface area contributed by atoms with Gasteiger partial charge in [-0.05, 0) is 0 Å². The van der Waals surface area contributed by atoms with E-state index >= 15 is 0 Å². The van der Waals surface area contributed by atoms with E-state index in [1.165, 1.54) is 0 Å². The van der Waals surface area contributed by atoms with E-state index in [4.69, 9.17) is 43.5 Å². The van der Waals surface area contributed by atoms with Crippen LogP contribution < -0.4 is 0 Å². The van der Waals surface area contributed by atoms with E-state index < -0.39 is 30.8 Å². The van der Waals surface area contributed by atoms with Gasteiger partial charge in [0.2, 0.25) is 0 Å². The second kappa shape index (κ2) is 17.4. The predicted molar refractivity (Wildman–Crippen MR) is 176 cm³/mol. The van der Waals surface area contributed by atoms with Crippen LogP contribution in [0.15, 0.2) is 39.8 Å². The molecule has 0 aromatic heterocycles. The molecular formula is C33H54N4O6P2+2. The second-order valence-electron chi connectivity index (χ2n) is 13.0. The van der Waals surface area contributed by atoms with E-state index in [1.807, 2.05) is 37.3 Å². The van der Waals surface area contributed by atoms with Gasteiger partial charge in [-0.3, -0.25) is 0 Å². The molecule has 10 nitrogen and oxygen atoms in total. The molecule has 250 valence electrons. The van der Waals surface area contributed by atoms with Crippen molar-refractivity contribution in [1.29, 1.82) is 10.3 Å². The minimum absolute atomic E-state index is 0.00182. The van der Waals surface area contributed by atoms with E-state index in [1.54, 1.807) is 0 Å². The fraction of sp³-hybridized carbons (Fsp3) is 0.818. The summed E-state index contributed by atoms with van der Waals surface area (Å²) in [5.41, 5.74) is 1.04. The van der Waals surface area contributed by atoms with Crippen LogP contribution >= 0.6 is 16.3 Å². The van der Waals surface area contributed by atoms with Gasteiger partial charge in [0.25, 0.3) is 0 Å². The summed E-state index contributed by atoms with van der Waals surface area (Å²) < 4.78 is 49.5. The van der Waals surface area contributed by atoms with Crippen LogP contribution in [0.25, 0.3) is 0 Å². The van der Waals surface area contributed by atoms with Gasteiger partial charge in [-0.15, -0.1) is 0 Å². The summed E-state index contributed by atoms with van der Waals surface area (Å²) in [6.07, 6.45) is -0.685.